The fourth-order valence-corrected chi connectivity index (χ4v) is 8.70. The largest absolute Gasteiger partial charge is 0.508 e. The van der Waals surface area contributed by atoms with Crippen LogP contribution in [-0.4, -0.2) is 66.4 Å². The van der Waals surface area contributed by atoms with Crippen LogP contribution in [0.3, 0.4) is 0 Å². The zero-order chi connectivity index (χ0) is 29.7. The van der Waals surface area contributed by atoms with Gasteiger partial charge in [0.25, 0.3) is 0 Å². The van der Waals surface area contributed by atoms with Gasteiger partial charge >= 0.3 is 0 Å². The molecule has 2 saturated heterocycles. The fourth-order valence-electron chi connectivity index (χ4n) is 7.49. The lowest BCUT2D eigenvalue weighted by atomic mass is 9.90. The minimum Gasteiger partial charge on any atom is -0.508 e. The molecular weight excluding hydrogens is 564 g/mol. The molecule has 4 aromatic rings. The second kappa shape index (κ2) is 13.9. The molecule has 232 valence electrons. The van der Waals surface area contributed by atoms with Gasteiger partial charge in [0.05, 0.1) is 0 Å². The van der Waals surface area contributed by atoms with E-state index in [1.165, 1.54) is 104 Å². The fraction of sp³-hybridized carbons (Fsp3) is 0.474. The Morgan fingerprint density at radius 2 is 1.48 bits per heavy atom. The molecule has 0 radical (unpaired) electrons. The monoisotopic (exact) mass is 610 g/mol. The van der Waals surface area contributed by atoms with E-state index in [4.69, 9.17) is 9.47 Å². The third-order valence-corrected chi connectivity index (χ3v) is 11.1. The van der Waals surface area contributed by atoms with Crippen LogP contribution >= 0.6 is 11.3 Å². The maximum atomic E-state index is 10.4. The van der Waals surface area contributed by atoms with Gasteiger partial charge in [0.1, 0.15) is 30.0 Å². The lowest BCUT2D eigenvalue weighted by Gasteiger charge is -2.41. The summed E-state index contributed by atoms with van der Waals surface area (Å²) in [6.45, 7) is 6.57. The molecule has 1 N–H and O–H groups in total. The Morgan fingerprint density at radius 3 is 2.27 bits per heavy atom. The van der Waals surface area contributed by atoms with Crippen molar-refractivity contribution in [3.05, 3.63) is 77.9 Å². The Kier molecular flexibility index (Phi) is 9.38. The van der Waals surface area contributed by atoms with Crippen molar-refractivity contribution in [2.75, 3.05) is 39.3 Å². The summed E-state index contributed by atoms with van der Waals surface area (Å²) in [4.78, 5) is 6.43. The summed E-state index contributed by atoms with van der Waals surface area (Å²) in [5.41, 5.74) is 3.70. The Hall–Kier alpha value is -3.06. The van der Waals surface area contributed by atoms with Gasteiger partial charge in [-0.05, 0) is 149 Å². The number of phenols is 1. The molecular formula is C38H46N2O3S. The van der Waals surface area contributed by atoms with Crippen molar-refractivity contribution in [1.82, 2.24) is 9.80 Å². The van der Waals surface area contributed by atoms with E-state index in [1.54, 1.807) is 17.4 Å². The lowest BCUT2D eigenvalue weighted by molar-refractivity contribution is 0.0261. The topological polar surface area (TPSA) is 45.2 Å². The zero-order valence-corrected chi connectivity index (χ0v) is 26.7. The number of likely N-dealkylation sites (tertiary alicyclic amines) is 2. The van der Waals surface area contributed by atoms with Crippen molar-refractivity contribution in [3.8, 4) is 27.7 Å². The zero-order valence-electron chi connectivity index (χ0n) is 25.9. The first-order valence-corrected chi connectivity index (χ1v) is 17.7. The molecule has 2 aliphatic heterocycles. The van der Waals surface area contributed by atoms with E-state index in [0.717, 1.165) is 42.9 Å². The summed E-state index contributed by atoms with van der Waals surface area (Å²) in [7, 11) is 0. The third kappa shape index (κ3) is 6.93. The van der Waals surface area contributed by atoms with Crippen LogP contribution in [0.1, 0.15) is 68.9 Å². The number of benzene rings is 3. The number of rotatable bonds is 10. The van der Waals surface area contributed by atoms with Gasteiger partial charge in [-0.15, -0.1) is 11.3 Å². The molecule has 5 nitrogen and oxygen atoms in total. The van der Waals surface area contributed by atoms with Gasteiger partial charge in [-0.1, -0.05) is 25.0 Å². The van der Waals surface area contributed by atoms with E-state index >= 15 is 0 Å². The van der Waals surface area contributed by atoms with Gasteiger partial charge in [-0.2, -0.15) is 0 Å². The SMILES string of the molecule is Oc1ccc2sc(-c3ccc(OCCN4CCCC4)cc3)c(Cc3ccc(OC4CCCCC4N4CCCCC4)cc3)c2c1. The number of ether oxygens (including phenoxy) is 2. The van der Waals surface area contributed by atoms with Crippen LogP contribution < -0.4 is 9.47 Å². The molecule has 6 heteroatoms. The molecule has 2 atom stereocenters. The van der Waals surface area contributed by atoms with Crippen LogP contribution in [0.4, 0.5) is 0 Å². The molecule has 1 saturated carbocycles. The molecule has 3 aromatic carbocycles. The number of aromatic hydroxyl groups is 1. The number of phenolic OH excluding ortho intramolecular Hbond substituents is 1. The molecule has 1 aliphatic carbocycles. The van der Waals surface area contributed by atoms with Crippen LogP contribution in [0.2, 0.25) is 0 Å². The Labute approximate surface area is 266 Å². The molecule has 1 aromatic heterocycles. The quantitative estimate of drug-likeness (QED) is 0.195. The summed E-state index contributed by atoms with van der Waals surface area (Å²) >= 11 is 1.80. The third-order valence-electron chi connectivity index (χ3n) is 9.88. The molecule has 7 rings (SSSR count). The predicted octanol–water partition coefficient (Wildman–Crippen LogP) is 8.52. The van der Waals surface area contributed by atoms with Crippen LogP contribution in [0.15, 0.2) is 66.7 Å². The smallest absolute Gasteiger partial charge is 0.119 e. The minimum absolute atomic E-state index is 0.287. The molecule has 3 aliphatic rings. The van der Waals surface area contributed by atoms with Gasteiger partial charge in [-0.3, -0.25) is 9.80 Å². The summed E-state index contributed by atoms with van der Waals surface area (Å²) < 4.78 is 13.9. The first-order chi connectivity index (χ1) is 21.7. The summed E-state index contributed by atoms with van der Waals surface area (Å²) in [6.07, 6.45) is 12.7. The summed E-state index contributed by atoms with van der Waals surface area (Å²) in [6, 6.07) is 23.6. The number of fused-ring (bicyclic) bond motifs is 1. The first kappa shape index (κ1) is 29.6. The standard InChI is InChI=1S/C38H46N2O3S/c41-30-14-19-37-33(27-30)34(38(44-37)29-12-17-31(18-13-29)42-25-24-39-20-6-7-21-39)26-28-10-15-32(16-11-28)43-36-9-3-2-8-35(36)40-22-4-1-5-23-40/h10-19,27,35-36,41H,1-9,20-26H2. The van der Waals surface area contributed by atoms with Crippen molar-refractivity contribution in [3.63, 3.8) is 0 Å². The van der Waals surface area contributed by atoms with E-state index in [0.29, 0.717) is 11.8 Å². The molecule has 3 fully saturated rings. The highest BCUT2D eigenvalue weighted by atomic mass is 32.1. The Bertz CT molecular complexity index is 1500. The number of thiophene rings is 1. The van der Waals surface area contributed by atoms with Crippen molar-refractivity contribution in [1.29, 1.82) is 0 Å². The van der Waals surface area contributed by atoms with Gasteiger partial charge < -0.3 is 14.6 Å². The van der Waals surface area contributed by atoms with E-state index in [2.05, 4.69) is 58.3 Å². The highest BCUT2D eigenvalue weighted by molar-refractivity contribution is 7.22. The Morgan fingerprint density at radius 1 is 0.750 bits per heavy atom. The predicted molar refractivity (Wildman–Crippen MR) is 181 cm³/mol. The second-order valence-corrected chi connectivity index (χ2v) is 14.0. The van der Waals surface area contributed by atoms with Crippen LogP contribution in [0.25, 0.3) is 20.5 Å². The molecule has 44 heavy (non-hydrogen) atoms. The summed E-state index contributed by atoms with van der Waals surface area (Å²) in [5, 5.41) is 11.5. The molecule has 3 heterocycles. The van der Waals surface area contributed by atoms with Gasteiger partial charge in [0.15, 0.2) is 0 Å². The van der Waals surface area contributed by atoms with Crippen molar-refractivity contribution in [2.45, 2.75) is 76.4 Å². The molecule has 2 unspecified atom stereocenters. The van der Waals surface area contributed by atoms with Gasteiger partial charge in [0, 0.05) is 27.5 Å². The summed E-state index contributed by atoms with van der Waals surface area (Å²) in [5.74, 6) is 2.21. The average Bonchev–Trinajstić information content (AvgIpc) is 3.71. The van der Waals surface area contributed by atoms with Gasteiger partial charge in [0.2, 0.25) is 0 Å². The molecule has 0 bridgehead atoms. The average molecular weight is 611 g/mol. The van der Waals surface area contributed by atoms with E-state index in [9.17, 15) is 5.11 Å². The minimum atomic E-state index is 0.287. The normalized spacial score (nSPS) is 21.5. The first-order valence-electron chi connectivity index (χ1n) is 16.9. The lowest BCUT2D eigenvalue weighted by Crippen LogP contribution is -2.49. The number of hydrogen-bond acceptors (Lipinski definition) is 6. The number of piperidine rings is 1. The Balaban J connectivity index is 1.06. The maximum Gasteiger partial charge on any atom is 0.119 e. The van der Waals surface area contributed by atoms with Crippen LogP contribution in [0.5, 0.6) is 17.2 Å². The van der Waals surface area contributed by atoms with Crippen LogP contribution in [0, 0.1) is 0 Å². The van der Waals surface area contributed by atoms with Crippen LogP contribution in [-0.2, 0) is 6.42 Å². The number of nitrogens with zero attached hydrogens (tertiary/aromatic N) is 2. The van der Waals surface area contributed by atoms with Crippen molar-refractivity contribution in [2.24, 2.45) is 0 Å². The highest BCUT2D eigenvalue weighted by Crippen LogP contribution is 2.42. The molecule has 0 amide bonds. The van der Waals surface area contributed by atoms with E-state index in [1.807, 2.05) is 12.1 Å². The van der Waals surface area contributed by atoms with E-state index < -0.39 is 0 Å². The highest BCUT2D eigenvalue weighted by Gasteiger charge is 2.32. The molecule has 0 spiro atoms. The maximum absolute atomic E-state index is 10.4. The van der Waals surface area contributed by atoms with Crippen molar-refractivity contribution >= 4 is 21.4 Å². The van der Waals surface area contributed by atoms with Crippen molar-refractivity contribution < 1.29 is 14.6 Å². The second-order valence-electron chi connectivity index (χ2n) is 12.9. The van der Waals surface area contributed by atoms with Gasteiger partial charge in [-0.25, -0.2) is 0 Å². The van der Waals surface area contributed by atoms with E-state index in [-0.39, 0.29) is 6.10 Å². The number of hydrogen-bond donors (Lipinski definition) is 1.